The number of ether oxygens (including phenoxy) is 1. The van der Waals surface area contributed by atoms with Gasteiger partial charge in [0, 0.05) is 24.4 Å². The topological polar surface area (TPSA) is 96.4 Å². The van der Waals surface area contributed by atoms with Crippen LogP contribution in [0.25, 0.3) is 17.2 Å². The van der Waals surface area contributed by atoms with E-state index in [2.05, 4.69) is 4.98 Å². The molecule has 1 aromatic heterocycles. The first kappa shape index (κ1) is 18.9. The SMILES string of the molecule is N#CCCN(C(=O)COC(=O)/C=C/c1nc2ccccc2o1)c1ccccc1. The summed E-state index contributed by atoms with van der Waals surface area (Å²) in [5, 5.41) is 8.80. The average Bonchev–Trinajstić information content (AvgIpc) is 3.15. The molecule has 28 heavy (non-hydrogen) atoms. The Balaban J connectivity index is 1.59. The lowest BCUT2D eigenvalue weighted by molar-refractivity contribution is -0.142. The zero-order chi connectivity index (χ0) is 19.8. The van der Waals surface area contributed by atoms with E-state index in [-0.39, 0.29) is 18.9 Å². The summed E-state index contributed by atoms with van der Waals surface area (Å²) in [7, 11) is 0. The van der Waals surface area contributed by atoms with E-state index in [0.717, 1.165) is 6.08 Å². The molecule has 1 amide bonds. The summed E-state index contributed by atoms with van der Waals surface area (Å²) in [4.78, 5) is 30.0. The van der Waals surface area contributed by atoms with E-state index in [1.165, 1.54) is 11.0 Å². The number of para-hydroxylation sites is 3. The second-order valence-corrected chi connectivity index (χ2v) is 5.75. The Morgan fingerprint density at radius 3 is 2.64 bits per heavy atom. The van der Waals surface area contributed by atoms with Gasteiger partial charge in [0.25, 0.3) is 5.91 Å². The molecule has 0 radical (unpaired) electrons. The number of benzene rings is 2. The van der Waals surface area contributed by atoms with Gasteiger partial charge in [-0.2, -0.15) is 5.26 Å². The van der Waals surface area contributed by atoms with Crippen LogP contribution in [-0.4, -0.2) is 30.0 Å². The zero-order valence-corrected chi connectivity index (χ0v) is 14.9. The fraction of sp³-hybridized carbons (Fsp3) is 0.143. The van der Waals surface area contributed by atoms with Crippen molar-refractivity contribution in [1.82, 2.24) is 4.98 Å². The lowest BCUT2D eigenvalue weighted by Crippen LogP contribution is -2.35. The number of esters is 1. The maximum absolute atomic E-state index is 12.4. The molecule has 7 nitrogen and oxygen atoms in total. The molecule has 0 spiro atoms. The van der Waals surface area contributed by atoms with Crippen molar-refractivity contribution < 1.29 is 18.7 Å². The first-order valence-corrected chi connectivity index (χ1v) is 8.60. The molecule has 0 aliphatic carbocycles. The number of oxazole rings is 1. The molecule has 7 heteroatoms. The monoisotopic (exact) mass is 375 g/mol. The minimum Gasteiger partial charge on any atom is -0.452 e. The highest BCUT2D eigenvalue weighted by Crippen LogP contribution is 2.16. The van der Waals surface area contributed by atoms with Gasteiger partial charge in [0.1, 0.15) is 5.52 Å². The van der Waals surface area contributed by atoms with E-state index in [1.54, 1.807) is 36.4 Å². The molecule has 1 heterocycles. The van der Waals surface area contributed by atoms with Crippen LogP contribution in [0.5, 0.6) is 0 Å². The Kier molecular flexibility index (Phi) is 6.16. The Bertz CT molecular complexity index is 1000. The summed E-state index contributed by atoms with van der Waals surface area (Å²) in [6, 6.07) is 18.2. The summed E-state index contributed by atoms with van der Waals surface area (Å²) >= 11 is 0. The number of amides is 1. The van der Waals surface area contributed by atoms with Gasteiger partial charge in [-0.1, -0.05) is 30.3 Å². The van der Waals surface area contributed by atoms with Crippen molar-refractivity contribution in [2.45, 2.75) is 6.42 Å². The van der Waals surface area contributed by atoms with E-state index in [1.807, 2.05) is 24.3 Å². The van der Waals surface area contributed by atoms with Crippen LogP contribution in [0.4, 0.5) is 5.69 Å². The van der Waals surface area contributed by atoms with Crippen LogP contribution >= 0.6 is 0 Å². The molecule has 0 N–H and O–H groups in total. The molecular formula is C21H17N3O4. The summed E-state index contributed by atoms with van der Waals surface area (Å²) < 4.78 is 10.5. The van der Waals surface area contributed by atoms with Gasteiger partial charge in [-0.25, -0.2) is 9.78 Å². The normalized spacial score (nSPS) is 10.7. The largest absolute Gasteiger partial charge is 0.452 e. The highest BCUT2D eigenvalue weighted by atomic mass is 16.5. The molecule has 0 atom stereocenters. The average molecular weight is 375 g/mol. The smallest absolute Gasteiger partial charge is 0.331 e. The Hall–Kier alpha value is -3.92. The van der Waals surface area contributed by atoms with Crippen molar-refractivity contribution in [3.63, 3.8) is 0 Å². The zero-order valence-electron chi connectivity index (χ0n) is 14.9. The molecule has 0 fully saturated rings. The standard InChI is InChI=1S/C21H17N3O4/c22-13-6-14-24(16-7-2-1-3-8-16)20(25)15-27-21(26)12-11-19-23-17-9-4-5-10-18(17)28-19/h1-5,7-12H,6,14-15H2/b12-11+. The molecule has 0 aliphatic heterocycles. The van der Waals surface area contributed by atoms with E-state index in [0.29, 0.717) is 16.8 Å². The van der Waals surface area contributed by atoms with Crippen LogP contribution in [-0.2, 0) is 14.3 Å². The quantitative estimate of drug-likeness (QED) is 0.464. The van der Waals surface area contributed by atoms with E-state index < -0.39 is 18.5 Å². The summed E-state index contributed by atoms with van der Waals surface area (Å²) in [5.74, 6) is -0.835. The summed E-state index contributed by atoms with van der Waals surface area (Å²) in [5.41, 5.74) is 1.93. The first-order valence-electron chi connectivity index (χ1n) is 8.60. The van der Waals surface area contributed by atoms with E-state index in [9.17, 15) is 9.59 Å². The predicted molar refractivity (Wildman–Crippen MR) is 103 cm³/mol. The van der Waals surface area contributed by atoms with Crippen molar-refractivity contribution >= 4 is 34.7 Å². The second kappa shape index (κ2) is 9.14. The number of hydrogen-bond acceptors (Lipinski definition) is 6. The molecule has 2 aromatic carbocycles. The van der Waals surface area contributed by atoms with Crippen LogP contribution in [0, 0.1) is 11.3 Å². The van der Waals surface area contributed by atoms with Crippen LogP contribution in [0.1, 0.15) is 12.3 Å². The van der Waals surface area contributed by atoms with E-state index in [4.69, 9.17) is 14.4 Å². The Morgan fingerprint density at radius 1 is 1.14 bits per heavy atom. The highest BCUT2D eigenvalue weighted by molar-refractivity contribution is 5.96. The molecule has 0 bridgehead atoms. The van der Waals surface area contributed by atoms with Gasteiger partial charge in [0.15, 0.2) is 12.2 Å². The minimum atomic E-state index is -0.691. The molecule has 0 aliphatic rings. The number of fused-ring (bicyclic) bond motifs is 1. The van der Waals surface area contributed by atoms with Crippen molar-refractivity contribution in [3.05, 3.63) is 66.6 Å². The fourth-order valence-corrected chi connectivity index (χ4v) is 2.53. The van der Waals surface area contributed by atoms with Crippen molar-refractivity contribution in [2.75, 3.05) is 18.1 Å². The Labute approximate surface area is 161 Å². The second-order valence-electron chi connectivity index (χ2n) is 5.75. The fourth-order valence-electron chi connectivity index (χ4n) is 2.53. The lowest BCUT2D eigenvalue weighted by Gasteiger charge is -2.21. The number of nitriles is 1. The highest BCUT2D eigenvalue weighted by Gasteiger charge is 2.16. The van der Waals surface area contributed by atoms with Crippen molar-refractivity contribution in [3.8, 4) is 6.07 Å². The van der Waals surface area contributed by atoms with Crippen molar-refractivity contribution in [1.29, 1.82) is 5.26 Å². The van der Waals surface area contributed by atoms with Crippen LogP contribution in [0.3, 0.4) is 0 Å². The third-order valence-corrected chi connectivity index (χ3v) is 3.83. The molecule has 3 aromatic rings. The number of rotatable bonds is 7. The van der Waals surface area contributed by atoms with Gasteiger partial charge in [0.2, 0.25) is 5.89 Å². The third-order valence-electron chi connectivity index (χ3n) is 3.83. The van der Waals surface area contributed by atoms with Gasteiger partial charge in [-0.15, -0.1) is 0 Å². The summed E-state index contributed by atoms with van der Waals surface area (Å²) in [6.45, 7) is -0.216. The molecule has 0 unspecified atom stereocenters. The van der Waals surface area contributed by atoms with Gasteiger partial charge in [-0.3, -0.25) is 4.79 Å². The van der Waals surface area contributed by atoms with Crippen molar-refractivity contribution in [2.24, 2.45) is 0 Å². The van der Waals surface area contributed by atoms with Gasteiger partial charge >= 0.3 is 5.97 Å². The van der Waals surface area contributed by atoms with Gasteiger partial charge in [0.05, 0.1) is 12.5 Å². The number of nitrogens with zero attached hydrogens (tertiary/aromatic N) is 3. The van der Waals surface area contributed by atoms with Crippen LogP contribution < -0.4 is 4.90 Å². The Morgan fingerprint density at radius 2 is 1.89 bits per heavy atom. The molecule has 0 saturated heterocycles. The van der Waals surface area contributed by atoms with Crippen LogP contribution in [0.15, 0.2) is 65.1 Å². The first-order chi connectivity index (χ1) is 13.7. The molecular weight excluding hydrogens is 358 g/mol. The summed E-state index contributed by atoms with van der Waals surface area (Å²) in [6.07, 6.45) is 2.71. The third kappa shape index (κ3) is 4.83. The maximum Gasteiger partial charge on any atom is 0.331 e. The number of carbonyl (C=O) groups is 2. The number of hydrogen-bond donors (Lipinski definition) is 0. The minimum absolute atomic E-state index is 0.173. The molecule has 140 valence electrons. The number of carbonyl (C=O) groups excluding carboxylic acids is 2. The lowest BCUT2D eigenvalue weighted by atomic mass is 10.2. The molecule has 3 rings (SSSR count). The number of aromatic nitrogens is 1. The van der Waals surface area contributed by atoms with E-state index >= 15 is 0 Å². The number of anilines is 1. The van der Waals surface area contributed by atoms with Gasteiger partial charge < -0.3 is 14.1 Å². The molecule has 0 saturated carbocycles. The van der Waals surface area contributed by atoms with Crippen LogP contribution in [0.2, 0.25) is 0 Å². The predicted octanol–water partition coefficient (Wildman–Crippen LogP) is 3.33. The van der Waals surface area contributed by atoms with Gasteiger partial charge in [-0.05, 0) is 24.3 Å². The maximum atomic E-state index is 12.4.